The third kappa shape index (κ3) is 4.88. The number of aliphatic hydroxyl groups is 1. The first-order valence-corrected chi connectivity index (χ1v) is 13.6. The highest BCUT2D eigenvalue weighted by atomic mass is 35.5. The first kappa shape index (κ1) is 26.1. The summed E-state index contributed by atoms with van der Waals surface area (Å²) in [5.41, 5.74) is 3.37. The van der Waals surface area contributed by atoms with Gasteiger partial charge in [-0.05, 0) is 82.2 Å². The maximum Gasteiger partial charge on any atom is 0.190 e. The molecular formula is C28H32Cl2N6O. The van der Waals surface area contributed by atoms with Crippen LogP contribution in [0.1, 0.15) is 76.4 Å². The van der Waals surface area contributed by atoms with Crippen LogP contribution in [0.3, 0.4) is 0 Å². The van der Waals surface area contributed by atoms with Gasteiger partial charge in [0, 0.05) is 22.1 Å². The summed E-state index contributed by atoms with van der Waals surface area (Å²) >= 11 is 12.6. The number of aromatic nitrogens is 4. The van der Waals surface area contributed by atoms with Crippen LogP contribution in [-0.2, 0) is 0 Å². The van der Waals surface area contributed by atoms with E-state index in [1.54, 1.807) is 23.0 Å². The molecule has 7 nitrogen and oxygen atoms in total. The number of benzene rings is 1. The summed E-state index contributed by atoms with van der Waals surface area (Å²) < 4.78 is 1.73. The number of halogens is 2. The average molecular weight is 540 g/mol. The standard InChI is InChI=1S/C28H32Cl2N6O/c1-16-12-18(7-10-24(16)35-11-5-6-25(35)28(3,4)37)23-15-32-26-22(14-31)34-36(27(26)33-23)17(2)20-9-8-19(29)13-21(20)30/h7-9,13,15-17,24-25,37H,5-6,10-12H2,1-4H3/t16-,17-,24+,25+/m1/s1. The number of allylic oxidation sites excluding steroid dienone is 1. The van der Waals surface area contributed by atoms with Gasteiger partial charge in [0.2, 0.25) is 0 Å². The number of likely N-dealkylation sites (tertiary alicyclic amines) is 1. The highest BCUT2D eigenvalue weighted by molar-refractivity contribution is 6.35. The summed E-state index contributed by atoms with van der Waals surface area (Å²) in [4.78, 5) is 12.1. The van der Waals surface area contributed by atoms with Gasteiger partial charge in [0.25, 0.3) is 0 Å². The van der Waals surface area contributed by atoms with E-state index in [9.17, 15) is 10.4 Å². The van der Waals surface area contributed by atoms with Gasteiger partial charge in [-0.25, -0.2) is 14.6 Å². The zero-order valence-corrected chi connectivity index (χ0v) is 23.1. The van der Waals surface area contributed by atoms with Crippen LogP contribution >= 0.6 is 23.2 Å². The van der Waals surface area contributed by atoms with Crippen LogP contribution in [0.25, 0.3) is 16.7 Å². The molecule has 2 aromatic heterocycles. The van der Waals surface area contributed by atoms with E-state index in [0.717, 1.165) is 49.1 Å². The highest BCUT2D eigenvalue weighted by Crippen LogP contribution is 2.38. The Labute approximate surface area is 227 Å². The number of fused-ring (bicyclic) bond motifs is 1. The van der Waals surface area contributed by atoms with Crippen molar-refractivity contribution in [1.82, 2.24) is 24.6 Å². The Kier molecular flexibility index (Phi) is 7.06. The lowest BCUT2D eigenvalue weighted by molar-refractivity contribution is -0.0252. The molecule has 1 saturated heterocycles. The number of hydrogen-bond donors (Lipinski definition) is 1. The smallest absolute Gasteiger partial charge is 0.190 e. The average Bonchev–Trinajstić information content (AvgIpc) is 3.48. The molecule has 9 heteroatoms. The number of nitrogens with zero attached hydrogens (tertiary/aromatic N) is 6. The molecule has 194 valence electrons. The van der Waals surface area contributed by atoms with Gasteiger partial charge in [-0.15, -0.1) is 0 Å². The van der Waals surface area contributed by atoms with Crippen molar-refractivity contribution in [2.24, 2.45) is 5.92 Å². The molecule has 1 aromatic carbocycles. The van der Waals surface area contributed by atoms with E-state index in [4.69, 9.17) is 28.2 Å². The van der Waals surface area contributed by atoms with Gasteiger partial charge in [0.15, 0.2) is 11.3 Å². The van der Waals surface area contributed by atoms with Gasteiger partial charge in [-0.1, -0.05) is 42.3 Å². The predicted octanol–water partition coefficient (Wildman–Crippen LogP) is 6.03. The molecule has 5 rings (SSSR count). The Morgan fingerprint density at radius 2 is 2.05 bits per heavy atom. The molecule has 1 aliphatic heterocycles. The van der Waals surface area contributed by atoms with Crippen molar-refractivity contribution in [1.29, 1.82) is 5.26 Å². The van der Waals surface area contributed by atoms with Crippen molar-refractivity contribution in [2.45, 2.75) is 77.1 Å². The molecule has 0 saturated carbocycles. The van der Waals surface area contributed by atoms with E-state index >= 15 is 0 Å². The van der Waals surface area contributed by atoms with Crippen LogP contribution in [0.4, 0.5) is 0 Å². The van der Waals surface area contributed by atoms with Crippen molar-refractivity contribution in [3.05, 3.63) is 57.5 Å². The van der Waals surface area contributed by atoms with Gasteiger partial charge in [-0.3, -0.25) is 4.90 Å². The zero-order chi connectivity index (χ0) is 26.5. The van der Waals surface area contributed by atoms with Crippen LogP contribution in [0.2, 0.25) is 10.0 Å². The van der Waals surface area contributed by atoms with Gasteiger partial charge >= 0.3 is 0 Å². The lowest BCUT2D eigenvalue weighted by Gasteiger charge is -2.43. The summed E-state index contributed by atoms with van der Waals surface area (Å²) in [5.74, 6) is 0.409. The van der Waals surface area contributed by atoms with Crippen LogP contribution in [0.15, 0.2) is 30.5 Å². The van der Waals surface area contributed by atoms with Crippen molar-refractivity contribution < 1.29 is 5.11 Å². The molecule has 1 aliphatic carbocycles. The van der Waals surface area contributed by atoms with Crippen LogP contribution in [-0.4, -0.2) is 54.0 Å². The Balaban J connectivity index is 1.48. The Hall–Kier alpha value is -2.50. The van der Waals surface area contributed by atoms with Crippen molar-refractivity contribution in [3.8, 4) is 6.07 Å². The normalized spacial score (nSPS) is 23.7. The lowest BCUT2D eigenvalue weighted by atomic mass is 9.82. The van der Waals surface area contributed by atoms with Gasteiger partial charge < -0.3 is 5.11 Å². The third-order valence-corrected chi connectivity index (χ3v) is 8.52. The fourth-order valence-electron chi connectivity index (χ4n) is 6.06. The minimum atomic E-state index is -0.711. The summed E-state index contributed by atoms with van der Waals surface area (Å²) in [6.07, 6.45) is 7.96. The molecule has 1 N–H and O–H groups in total. The minimum absolute atomic E-state index is 0.186. The fourth-order valence-corrected chi connectivity index (χ4v) is 6.62. The Morgan fingerprint density at radius 1 is 1.27 bits per heavy atom. The molecule has 2 aliphatic rings. The molecule has 1 fully saturated rings. The van der Waals surface area contributed by atoms with Crippen LogP contribution in [0, 0.1) is 17.2 Å². The first-order chi connectivity index (χ1) is 17.6. The lowest BCUT2D eigenvalue weighted by Crippen LogP contribution is -2.52. The maximum absolute atomic E-state index is 10.7. The largest absolute Gasteiger partial charge is 0.389 e. The molecule has 0 unspecified atom stereocenters. The number of rotatable bonds is 5. The number of nitriles is 1. The molecule has 4 atom stereocenters. The predicted molar refractivity (Wildman–Crippen MR) is 147 cm³/mol. The summed E-state index contributed by atoms with van der Waals surface area (Å²) in [7, 11) is 0. The second-order valence-corrected chi connectivity index (χ2v) is 11.8. The van der Waals surface area contributed by atoms with E-state index in [2.05, 4.69) is 34.1 Å². The molecule has 3 heterocycles. The van der Waals surface area contributed by atoms with Gasteiger partial charge in [-0.2, -0.15) is 10.4 Å². The zero-order valence-electron chi connectivity index (χ0n) is 21.6. The molecule has 0 radical (unpaired) electrons. The van der Waals surface area contributed by atoms with E-state index in [1.807, 2.05) is 26.8 Å². The number of hydrogen-bond acceptors (Lipinski definition) is 6. The first-order valence-electron chi connectivity index (χ1n) is 12.9. The van der Waals surface area contributed by atoms with Crippen molar-refractivity contribution >= 4 is 39.9 Å². The Morgan fingerprint density at radius 3 is 2.73 bits per heavy atom. The molecular weight excluding hydrogens is 507 g/mol. The van der Waals surface area contributed by atoms with Crippen molar-refractivity contribution in [3.63, 3.8) is 0 Å². The molecule has 0 bridgehead atoms. The molecule has 3 aromatic rings. The summed E-state index contributed by atoms with van der Waals surface area (Å²) in [6, 6.07) is 7.83. The Bertz CT molecular complexity index is 1400. The third-order valence-electron chi connectivity index (χ3n) is 7.96. The van der Waals surface area contributed by atoms with E-state index in [0.29, 0.717) is 33.2 Å². The monoisotopic (exact) mass is 538 g/mol. The molecule has 0 amide bonds. The molecule has 37 heavy (non-hydrogen) atoms. The highest BCUT2D eigenvalue weighted by Gasteiger charge is 2.41. The van der Waals surface area contributed by atoms with E-state index in [-0.39, 0.29) is 17.8 Å². The minimum Gasteiger partial charge on any atom is -0.389 e. The second-order valence-electron chi connectivity index (χ2n) is 10.9. The van der Waals surface area contributed by atoms with Crippen LogP contribution in [0.5, 0.6) is 0 Å². The van der Waals surface area contributed by atoms with Gasteiger partial charge in [0.1, 0.15) is 11.6 Å². The SMILES string of the molecule is C[C@@H]1CC(c2cnc3c(C#N)nn([C@H](C)c4ccc(Cl)cc4Cl)c3n2)=CC[C@@H]1N1CCC[C@H]1C(C)(C)O. The van der Waals surface area contributed by atoms with Gasteiger partial charge in [0.05, 0.1) is 23.5 Å². The maximum atomic E-state index is 10.7. The summed E-state index contributed by atoms with van der Waals surface area (Å²) in [6.45, 7) is 9.13. The quantitative estimate of drug-likeness (QED) is 0.426. The van der Waals surface area contributed by atoms with Crippen LogP contribution < -0.4 is 0 Å². The summed E-state index contributed by atoms with van der Waals surface area (Å²) in [5, 5.41) is 26.0. The van der Waals surface area contributed by atoms with Crippen molar-refractivity contribution in [2.75, 3.05) is 6.54 Å². The second kappa shape index (κ2) is 9.99. The van der Waals surface area contributed by atoms with E-state index < -0.39 is 5.60 Å². The topological polar surface area (TPSA) is 90.9 Å². The fraction of sp³-hybridized carbons (Fsp3) is 0.500. The van der Waals surface area contributed by atoms with E-state index in [1.165, 1.54) is 0 Å². The molecule has 0 spiro atoms.